The first-order valence-electron chi connectivity index (χ1n) is 7.93. The van der Waals surface area contributed by atoms with E-state index in [0.29, 0.717) is 12.6 Å². The van der Waals surface area contributed by atoms with Gasteiger partial charge in [-0.25, -0.2) is 0 Å². The molecule has 0 radical (unpaired) electrons. The van der Waals surface area contributed by atoms with Gasteiger partial charge in [-0.05, 0) is 38.1 Å². The zero-order chi connectivity index (χ0) is 12.8. The Bertz CT molecular complexity index is 229. The molecule has 2 unspecified atom stereocenters. The summed E-state index contributed by atoms with van der Waals surface area (Å²) in [6, 6.07) is 1.48. The zero-order valence-electron chi connectivity index (χ0n) is 11.9. The molecule has 0 heterocycles. The van der Waals surface area contributed by atoms with E-state index in [2.05, 4.69) is 17.1 Å². The third-order valence-electron chi connectivity index (χ3n) is 4.82. The van der Waals surface area contributed by atoms with Crippen LogP contribution in [0.1, 0.15) is 51.9 Å². The first kappa shape index (κ1) is 14.3. The molecule has 0 aromatic heterocycles. The third kappa shape index (κ3) is 3.69. The van der Waals surface area contributed by atoms with Gasteiger partial charge in [0.05, 0.1) is 6.61 Å². The van der Waals surface area contributed by atoms with Crippen molar-refractivity contribution in [1.82, 2.24) is 10.2 Å². The fraction of sp³-hybridized carbons (Fsp3) is 1.00. The molecule has 0 aromatic carbocycles. The summed E-state index contributed by atoms with van der Waals surface area (Å²) in [5.74, 6) is 0.797. The van der Waals surface area contributed by atoms with Crippen molar-refractivity contribution in [3.05, 3.63) is 0 Å². The van der Waals surface area contributed by atoms with E-state index in [1.54, 1.807) is 0 Å². The highest BCUT2D eigenvalue weighted by atomic mass is 16.3. The maximum Gasteiger partial charge on any atom is 0.0558 e. The molecule has 2 fully saturated rings. The lowest BCUT2D eigenvalue weighted by molar-refractivity contribution is 0.0688. The van der Waals surface area contributed by atoms with E-state index in [4.69, 9.17) is 0 Å². The van der Waals surface area contributed by atoms with Crippen LogP contribution in [0.2, 0.25) is 0 Å². The average Bonchev–Trinajstić information content (AvgIpc) is 2.30. The minimum Gasteiger partial charge on any atom is -0.395 e. The van der Waals surface area contributed by atoms with Gasteiger partial charge in [0.15, 0.2) is 0 Å². The Kier molecular flexibility index (Phi) is 5.93. The lowest BCUT2D eigenvalue weighted by Crippen LogP contribution is -2.49. The minimum atomic E-state index is 0.315. The van der Waals surface area contributed by atoms with E-state index in [1.165, 1.54) is 51.5 Å². The van der Waals surface area contributed by atoms with Gasteiger partial charge in [-0.1, -0.05) is 26.2 Å². The lowest BCUT2D eigenvalue weighted by Gasteiger charge is -2.42. The molecule has 106 valence electrons. The van der Waals surface area contributed by atoms with Crippen molar-refractivity contribution in [1.29, 1.82) is 0 Å². The number of hydrogen-bond acceptors (Lipinski definition) is 3. The third-order valence-corrected chi connectivity index (χ3v) is 4.82. The predicted molar refractivity (Wildman–Crippen MR) is 75.7 cm³/mol. The molecule has 0 amide bonds. The van der Waals surface area contributed by atoms with Gasteiger partial charge in [-0.3, -0.25) is 4.90 Å². The van der Waals surface area contributed by atoms with Crippen LogP contribution in [0.15, 0.2) is 0 Å². The van der Waals surface area contributed by atoms with E-state index in [9.17, 15) is 5.11 Å². The molecule has 2 saturated carbocycles. The largest absolute Gasteiger partial charge is 0.395 e. The molecule has 2 aliphatic carbocycles. The molecule has 3 heteroatoms. The van der Waals surface area contributed by atoms with E-state index in [0.717, 1.165) is 25.0 Å². The van der Waals surface area contributed by atoms with Crippen molar-refractivity contribution in [2.24, 2.45) is 5.92 Å². The Labute approximate surface area is 112 Å². The zero-order valence-corrected chi connectivity index (χ0v) is 11.9. The van der Waals surface area contributed by atoms with Gasteiger partial charge in [0.2, 0.25) is 0 Å². The van der Waals surface area contributed by atoms with Crippen LogP contribution in [0.5, 0.6) is 0 Å². The van der Waals surface area contributed by atoms with Crippen LogP contribution in [0, 0.1) is 5.92 Å². The van der Waals surface area contributed by atoms with Crippen molar-refractivity contribution in [2.45, 2.75) is 64.0 Å². The van der Waals surface area contributed by atoms with Crippen LogP contribution < -0.4 is 5.32 Å². The van der Waals surface area contributed by atoms with Crippen molar-refractivity contribution in [2.75, 3.05) is 26.2 Å². The van der Waals surface area contributed by atoms with Gasteiger partial charge in [-0.15, -0.1) is 0 Å². The van der Waals surface area contributed by atoms with Crippen LogP contribution in [0.4, 0.5) is 0 Å². The maximum absolute atomic E-state index is 9.25. The molecule has 2 atom stereocenters. The molecule has 0 saturated heterocycles. The molecule has 0 aromatic rings. The SMILES string of the molecule is CCNC1CCCCC1CN(CCO)C1CCC1. The number of nitrogens with one attached hydrogen (secondary N) is 1. The summed E-state index contributed by atoms with van der Waals surface area (Å²) in [4.78, 5) is 2.56. The number of aliphatic hydroxyl groups excluding tert-OH is 1. The number of rotatable bonds is 7. The van der Waals surface area contributed by atoms with Crippen LogP contribution in [-0.4, -0.2) is 48.3 Å². The summed E-state index contributed by atoms with van der Waals surface area (Å²) in [7, 11) is 0. The second-order valence-corrected chi connectivity index (χ2v) is 6.01. The molecule has 0 bridgehead atoms. The Morgan fingerprint density at radius 1 is 1.11 bits per heavy atom. The van der Waals surface area contributed by atoms with E-state index in [1.807, 2.05) is 0 Å². The first-order chi connectivity index (χ1) is 8.85. The van der Waals surface area contributed by atoms with Gasteiger partial charge >= 0.3 is 0 Å². The smallest absolute Gasteiger partial charge is 0.0558 e. The van der Waals surface area contributed by atoms with Gasteiger partial charge < -0.3 is 10.4 Å². The van der Waals surface area contributed by atoms with Crippen molar-refractivity contribution in [3.8, 4) is 0 Å². The van der Waals surface area contributed by atoms with Gasteiger partial charge in [0, 0.05) is 25.2 Å². The first-order valence-corrected chi connectivity index (χ1v) is 7.93. The van der Waals surface area contributed by atoms with Crippen LogP contribution in [-0.2, 0) is 0 Å². The van der Waals surface area contributed by atoms with Crippen molar-refractivity contribution in [3.63, 3.8) is 0 Å². The molecule has 0 aliphatic heterocycles. The summed E-state index contributed by atoms with van der Waals surface area (Å²) in [5, 5.41) is 12.9. The average molecular weight is 254 g/mol. The Morgan fingerprint density at radius 3 is 2.50 bits per heavy atom. The Balaban J connectivity index is 1.86. The van der Waals surface area contributed by atoms with Crippen molar-refractivity contribution < 1.29 is 5.11 Å². The highest BCUT2D eigenvalue weighted by molar-refractivity contribution is 4.87. The topological polar surface area (TPSA) is 35.5 Å². The highest BCUT2D eigenvalue weighted by Crippen LogP contribution is 2.30. The summed E-state index contributed by atoms with van der Waals surface area (Å²) < 4.78 is 0. The fourth-order valence-corrected chi connectivity index (χ4v) is 3.56. The van der Waals surface area contributed by atoms with Gasteiger partial charge in [0.1, 0.15) is 0 Å². The maximum atomic E-state index is 9.25. The Hall–Kier alpha value is -0.120. The monoisotopic (exact) mass is 254 g/mol. The van der Waals surface area contributed by atoms with E-state index in [-0.39, 0.29) is 0 Å². The van der Waals surface area contributed by atoms with Gasteiger partial charge in [0.25, 0.3) is 0 Å². The van der Waals surface area contributed by atoms with Crippen LogP contribution in [0.25, 0.3) is 0 Å². The number of aliphatic hydroxyl groups is 1. The molecular weight excluding hydrogens is 224 g/mol. The quantitative estimate of drug-likeness (QED) is 0.729. The lowest BCUT2D eigenvalue weighted by atomic mass is 9.82. The second-order valence-electron chi connectivity index (χ2n) is 6.01. The van der Waals surface area contributed by atoms with E-state index < -0.39 is 0 Å². The summed E-state index contributed by atoms with van der Waals surface area (Å²) >= 11 is 0. The van der Waals surface area contributed by atoms with Crippen LogP contribution >= 0.6 is 0 Å². The minimum absolute atomic E-state index is 0.315. The summed E-state index contributed by atoms with van der Waals surface area (Å²) in [6.45, 7) is 5.69. The number of nitrogens with zero attached hydrogens (tertiary/aromatic N) is 1. The summed E-state index contributed by atoms with van der Waals surface area (Å²) in [6.07, 6.45) is 9.56. The second kappa shape index (κ2) is 7.46. The highest BCUT2D eigenvalue weighted by Gasteiger charge is 2.30. The molecule has 18 heavy (non-hydrogen) atoms. The fourth-order valence-electron chi connectivity index (χ4n) is 3.56. The molecule has 2 rings (SSSR count). The molecule has 0 spiro atoms. The van der Waals surface area contributed by atoms with Crippen molar-refractivity contribution >= 4 is 0 Å². The normalized spacial score (nSPS) is 29.5. The standard InChI is InChI=1S/C15H30N2O/c1-2-16-15-9-4-3-6-13(15)12-17(10-11-18)14-7-5-8-14/h13-16,18H,2-12H2,1H3. The summed E-state index contributed by atoms with van der Waals surface area (Å²) in [5.41, 5.74) is 0. The molecular formula is C15H30N2O. The van der Waals surface area contributed by atoms with Gasteiger partial charge in [-0.2, -0.15) is 0 Å². The molecule has 3 nitrogen and oxygen atoms in total. The Morgan fingerprint density at radius 2 is 1.89 bits per heavy atom. The molecule has 2 N–H and O–H groups in total. The van der Waals surface area contributed by atoms with E-state index >= 15 is 0 Å². The van der Waals surface area contributed by atoms with Crippen LogP contribution in [0.3, 0.4) is 0 Å². The predicted octanol–water partition coefficient (Wildman–Crippen LogP) is 2.00. The number of hydrogen-bond donors (Lipinski definition) is 2. The molecule has 2 aliphatic rings.